The van der Waals surface area contributed by atoms with Crippen LogP contribution < -0.4 is 4.90 Å². The monoisotopic (exact) mass is 333 g/mol. The highest BCUT2D eigenvalue weighted by Crippen LogP contribution is 2.34. The number of amides is 1. The average Bonchev–Trinajstić information content (AvgIpc) is 2.84. The summed E-state index contributed by atoms with van der Waals surface area (Å²) >= 11 is 7.13. The van der Waals surface area contributed by atoms with Crippen molar-refractivity contribution in [1.82, 2.24) is 10.2 Å². The number of nitrogens with zero attached hydrogens (tertiary/aromatic N) is 3. The van der Waals surface area contributed by atoms with Crippen molar-refractivity contribution in [2.24, 2.45) is 0 Å². The van der Waals surface area contributed by atoms with Gasteiger partial charge < -0.3 is 4.90 Å². The fraction of sp³-hybridized carbons (Fsp3) is 0.312. The highest BCUT2D eigenvalue weighted by Gasteiger charge is 2.33. The van der Waals surface area contributed by atoms with E-state index in [0.29, 0.717) is 10.2 Å². The summed E-state index contributed by atoms with van der Waals surface area (Å²) in [5.41, 5.74) is 2.25. The summed E-state index contributed by atoms with van der Waals surface area (Å²) in [5.74, 6) is 0.0965. The zero-order valence-electron chi connectivity index (χ0n) is 12.4. The fourth-order valence-corrected chi connectivity index (χ4v) is 3.61. The molecule has 114 valence electrons. The first-order valence-corrected chi connectivity index (χ1v) is 8.39. The molecule has 1 amide bonds. The Balaban J connectivity index is 1.77. The van der Waals surface area contributed by atoms with Crippen LogP contribution in [0.1, 0.15) is 19.4 Å². The third-order valence-corrected chi connectivity index (χ3v) is 4.91. The molecular formula is C16H16ClN3OS. The van der Waals surface area contributed by atoms with Gasteiger partial charge in [0.1, 0.15) is 5.03 Å². The van der Waals surface area contributed by atoms with E-state index in [2.05, 4.69) is 23.2 Å². The predicted octanol–water partition coefficient (Wildman–Crippen LogP) is 3.59. The second-order valence-corrected chi connectivity index (χ2v) is 7.09. The molecule has 0 fully saturated rings. The Morgan fingerprint density at radius 3 is 2.82 bits per heavy atom. The molecule has 0 saturated carbocycles. The van der Waals surface area contributed by atoms with Gasteiger partial charge in [-0.25, -0.2) is 0 Å². The summed E-state index contributed by atoms with van der Waals surface area (Å²) in [6.45, 7) is 3.98. The Hall–Kier alpha value is -1.59. The van der Waals surface area contributed by atoms with Gasteiger partial charge in [0.05, 0.1) is 5.25 Å². The molecule has 0 aliphatic carbocycles. The number of benzene rings is 1. The van der Waals surface area contributed by atoms with Gasteiger partial charge in [-0.15, -0.1) is 10.2 Å². The molecular weight excluding hydrogens is 318 g/mol. The molecule has 1 aliphatic heterocycles. The van der Waals surface area contributed by atoms with Gasteiger partial charge in [0.15, 0.2) is 5.15 Å². The van der Waals surface area contributed by atoms with Crippen LogP contribution >= 0.6 is 23.4 Å². The van der Waals surface area contributed by atoms with Gasteiger partial charge in [-0.05, 0) is 44.0 Å². The van der Waals surface area contributed by atoms with E-state index in [-0.39, 0.29) is 17.2 Å². The van der Waals surface area contributed by atoms with Crippen molar-refractivity contribution in [3.8, 4) is 0 Å². The molecule has 1 aromatic heterocycles. The molecule has 4 nitrogen and oxygen atoms in total. The van der Waals surface area contributed by atoms with Gasteiger partial charge in [-0.1, -0.05) is 41.6 Å². The van der Waals surface area contributed by atoms with Crippen LogP contribution in [0.5, 0.6) is 0 Å². The summed E-state index contributed by atoms with van der Waals surface area (Å²) in [7, 11) is 0. The quantitative estimate of drug-likeness (QED) is 0.805. The van der Waals surface area contributed by atoms with Gasteiger partial charge >= 0.3 is 0 Å². The number of carbonyl (C=O) groups is 1. The summed E-state index contributed by atoms with van der Waals surface area (Å²) in [6.07, 6.45) is 0.903. The highest BCUT2D eigenvalue weighted by atomic mass is 35.5. The van der Waals surface area contributed by atoms with Gasteiger partial charge in [-0.3, -0.25) is 4.79 Å². The Labute approximate surface area is 138 Å². The molecule has 2 heterocycles. The second kappa shape index (κ2) is 6.26. The molecule has 1 aromatic carbocycles. The average molecular weight is 334 g/mol. The zero-order chi connectivity index (χ0) is 15.7. The summed E-state index contributed by atoms with van der Waals surface area (Å²) in [4.78, 5) is 14.7. The number of rotatable bonds is 3. The van der Waals surface area contributed by atoms with E-state index in [4.69, 9.17) is 11.6 Å². The first-order chi connectivity index (χ1) is 10.6. The van der Waals surface area contributed by atoms with E-state index < -0.39 is 0 Å². The number of thioether (sulfide) groups is 1. The maximum absolute atomic E-state index is 12.8. The molecule has 0 bridgehead atoms. The third-order valence-electron chi connectivity index (χ3n) is 3.70. The van der Waals surface area contributed by atoms with E-state index in [1.54, 1.807) is 12.1 Å². The Morgan fingerprint density at radius 2 is 2.09 bits per heavy atom. The van der Waals surface area contributed by atoms with Crippen molar-refractivity contribution in [2.45, 2.75) is 36.6 Å². The smallest absolute Gasteiger partial charge is 0.240 e. The normalized spacial score (nSPS) is 18.1. The number of carbonyl (C=O) groups excluding carboxylic acids is 1. The molecule has 1 aliphatic rings. The first-order valence-electron chi connectivity index (χ1n) is 7.13. The number of fused-ring (bicyclic) bond motifs is 1. The van der Waals surface area contributed by atoms with Gasteiger partial charge in [0, 0.05) is 11.7 Å². The van der Waals surface area contributed by atoms with E-state index in [9.17, 15) is 4.79 Å². The van der Waals surface area contributed by atoms with Crippen LogP contribution in [0, 0.1) is 0 Å². The van der Waals surface area contributed by atoms with Crippen LogP contribution in [-0.4, -0.2) is 27.4 Å². The summed E-state index contributed by atoms with van der Waals surface area (Å²) in [6, 6.07) is 11.7. The van der Waals surface area contributed by atoms with Crippen LogP contribution in [-0.2, 0) is 11.2 Å². The van der Waals surface area contributed by atoms with Crippen molar-refractivity contribution in [3.05, 3.63) is 47.1 Å². The fourth-order valence-electron chi connectivity index (χ4n) is 2.70. The van der Waals surface area contributed by atoms with Crippen LogP contribution in [0.25, 0.3) is 0 Å². The summed E-state index contributed by atoms with van der Waals surface area (Å²) < 4.78 is 0. The van der Waals surface area contributed by atoms with Crippen molar-refractivity contribution < 1.29 is 4.79 Å². The molecule has 0 saturated heterocycles. The Morgan fingerprint density at radius 1 is 1.32 bits per heavy atom. The lowest BCUT2D eigenvalue weighted by atomic mass is 10.1. The van der Waals surface area contributed by atoms with Crippen molar-refractivity contribution in [2.75, 3.05) is 4.90 Å². The number of hydrogen-bond acceptors (Lipinski definition) is 4. The van der Waals surface area contributed by atoms with Gasteiger partial charge in [-0.2, -0.15) is 0 Å². The first kappa shape index (κ1) is 15.3. The van der Waals surface area contributed by atoms with Crippen LogP contribution in [0.2, 0.25) is 5.15 Å². The molecule has 22 heavy (non-hydrogen) atoms. The van der Waals surface area contributed by atoms with Gasteiger partial charge in [0.25, 0.3) is 0 Å². The molecule has 0 unspecified atom stereocenters. The van der Waals surface area contributed by atoms with E-state index in [1.165, 1.54) is 17.3 Å². The van der Waals surface area contributed by atoms with E-state index in [1.807, 2.05) is 30.0 Å². The number of para-hydroxylation sites is 1. The lowest BCUT2D eigenvalue weighted by molar-refractivity contribution is -0.118. The maximum Gasteiger partial charge on any atom is 0.240 e. The lowest BCUT2D eigenvalue weighted by Gasteiger charge is -2.25. The lowest BCUT2D eigenvalue weighted by Crippen LogP contribution is -2.40. The maximum atomic E-state index is 12.8. The molecule has 2 atom stereocenters. The topological polar surface area (TPSA) is 46.1 Å². The van der Waals surface area contributed by atoms with Gasteiger partial charge in [0.2, 0.25) is 5.91 Å². The standard InChI is InChI=1S/C16H16ClN3OS/c1-10-9-12-5-3-4-6-13(12)20(10)16(21)11(2)22-15-8-7-14(17)18-19-15/h3-8,10-11H,9H2,1-2H3/t10-,11-/m0/s1. The van der Waals surface area contributed by atoms with Crippen LogP contribution in [0.3, 0.4) is 0 Å². The van der Waals surface area contributed by atoms with Crippen molar-refractivity contribution in [1.29, 1.82) is 0 Å². The minimum atomic E-state index is -0.232. The minimum Gasteiger partial charge on any atom is -0.308 e. The highest BCUT2D eigenvalue weighted by molar-refractivity contribution is 8.00. The van der Waals surface area contributed by atoms with Crippen LogP contribution in [0.4, 0.5) is 5.69 Å². The van der Waals surface area contributed by atoms with Crippen LogP contribution in [0.15, 0.2) is 41.4 Å². The number of hydrogen-bond donors (Lipinski definition) is 0. The van der Waals surface area contributed by atoms with Crippen molar-refractivity contribution in [3.63, 3.8) is 0 Å². The molecule has 3 rings (SSSR count). The number of aromatic nitrogens is 2. The number of halogens is 1. The zero-order valence-corrected chi connectivity index (χ0v) is 13.9. The molecule has 6 heteroatoms. The number of anilines is 1. The molecule has 0 N–H and O–H groups in total. The molecule has 2 aromatic rings. The Bertz CT molecular complexity index is 692. The van der Waals surface area contributed by atoms with E-state index >= 15 is 0 Å². The second-order valence-electron chi connectivity index (χ2n) is 5.34. The summed E-state index contributed by atoms with van der Waals surface area (Å²) in [5, 5.41) is 8.63. The Kier molecular flexibility index (Phi) is 4.36. The van der Waals surface area contributed by atoms with E-state index in [0.717, 1.165) is 12.1 Å². The molecule has 0 spiro atoms. The molecule has 0 radical (unpaired) electrons. The predicted molar refractivity (Wildman–Crippen MR) is 89.5 cm³/mol. The SMILES string of the molecule is C[C@H](Sc1ccc(Cl)nn1)C(=O)N1c2ccccc2C[C@@H]1C. The third kappa shape index (κ3) is 2.96. The largest absolute Gasteiger partial charge is 0.308 e. The van der Waals surface area contributed by atoms with Crippen molar-refractivity contribution >= 4 is 35.0 Å². The minimum absolute atomic E-state index is 0.0965.